The number of nitrogens with two attached hydrogens (primary N) is 1. The highest BCUT2D eigenvalue weighted by molar-refractivity contribution is 5.61. The fourth-order valence-electron chi connectivity index (χ4n) is 1.31. The third-order valence-electron chi connectivity index (χ3n) is 1.90. The molecule has 0 saturated carbocycles. The third kappa shape index (κ3) is 1.59. The molecular formula is C10H10FN3. The smallest absolute Gasteiger partial charge is 0.137 e. The van der Waals surface area contributed by atoms with E-state index in [1.807, 2.05) is 6.92 Å². The molecule has 0 fully saturated rings. The Hall–Kier alpha value is -1.84. The van der Waals surface area contributed by atoms with Crippen molar-refractivity contribution in [3.05, 3.63) is 35.9 Å². The van der Waals surface area contributed by atoms with Crippen LogP contribution in [0.5, 0.6) is 0 Å². The molecule has 2 aromatic rings. The molecule has 14 heavy (non-hydrogen) atoms. The first-order chi connectivity index (χ1) is 6.65. The Morgan fingerprint density at radius 3 is 2.71 bits per heavy atom. The van der Waals surface area contributed by atoms with Crippen molar-refractivity contribution in [3.8, 4) is 11.4 Å². The predicted molar refractivity (Wildman–Crippen MR) is 53.1 cm³/mol. The molecule has 0 aliphatic carbocycles. The molecule has 4 heteroatoms. The fraction of sp³-hybridized carbons (Fsp3) is 0.100. The van der Waals surface area contributed by atoms with Crippen molar-refractivity contribution in [2.75, 3.05) is 5.73 Å². The summed E-state index contributed by atoms with van der Waals surface area (Å²) >= 11 is 0. The molecule has 0 unspecified atom stereocenters. The molecule has 0 bridgehead atoms. The Bertz CT molecular complexity index is 442. The van der Waals surface area contributed by atoms with Gasteiger partial charge in [-0.15, -0.1) is 0 Å². The van der Waals surface area contributed by atoms with Crippen LogP contribution < -0.4 is 5.73 Å². The summed E-state index contributed by atoms with van der Waals surface area (Å²) in [7, 11) is 0. The van der Waals surface area contributed by atoms with Gasteiger partial charge in [0.05, 0.1) is 0 Å². The highest BCUT2D eigenvalue weighted by Gasteiger charge is 2.04. The first kappa shape index (κ1) is 8.74. The normalized spacial score (nSPS) is 10.4. The molecule has 72 valence electrons. The lowest BCUT2D eigenvalue weighted by molar-refractivity contribution is 0.629. The lowest BCUT2D eigenvalue weighted by atomic mass is 10.2. The largest absolute Gasteiger partial charge is 0.399 e. The van der Waals surface area contributed by atoms with Crippen LogP contribution in [0.2, 0.25) is 0 Å². The molecule has 0 radical (unpaired) electrons. The van der Waals surface area contributed by atoms with Gasteiger partial charge in [-0.1, -0.05) is 0 Å². The summed E-state index contributed by atoms with van der Waals surface area (Å²) in [6.45, 7) is 1.89. The average molecular weight is 191 g/mol. The van der Waals surface area contributed by atoms with E-state index < -0.39 is 0 Å². The van der Waals surface area contributed by atoms with Crippen molar-refractivity contribution >= 4 is 5.69 Å². The number of nitrogens with one attached hydrogen (secondary N) is 1. The summed E-state index contributed by atoms with van der Waals surface area (Å²) in [5.74, 6) is 0.280. The number of aromatic nitrogens is 2. The van der Waals surface area contributed by atoms with Gasteiger partial charge in [-0.2, -0.15) is 0 Å². The maximum absolute atomic E-state index is 13.0. The number of anilines is 1. The Labute approximate surface area is 80.8 Å². The summed E-state index contributed by atoms with van der Waals surface area (Å²) in [5, 5.41) is 0. The number of nitrogen functional groups attached to an aromatic ring is 1. The van der Waals surface area contributed by atoms with Crippen LogP contribution in [0, 0.1) is 12.7 Å². The minimum atomic E-state index is -0.353. The predicted octanol–water partition coefficient (Wildman–Crippen LogP) is 2.11. The lowest BCUT2D eigenvalue weighted by Gasteiger charge is -1.99. The number of H-pyrrole nitrogens is 1. The molecule has 1 aromatic heterocycles. The van der Waals surface area contributed by atoms with Gasteiger partial charge in [0, 0.05) is 23.1 Å². The van der Waals surface area contributed by atoms with Crippen LogP contribution in [-0.2, 0) is 0 Å². The second-order valence-electron chi connectivity index (χ2n) is 3.19. The number of benzene rings is 1. The zero-order valence-electron chi connectivity index (χ0n) is 7.71. The molecule has 0 saturated heterocycles. The number of imidazole rings is 1. The fourth-order valence-corrected chi connectivity index (χ4v) is 1.31. The Balaban J connectivity index is 2.51. The number of hydrogen-bond acceptors (Lipinski definition) is 2. The summed E-state index contributed by atoms with van der Waals surface area (Å²) in [5.41, 5.74) is 7.51. The van der Waals surface area contributed by atoms with E-state index in [1.54, 1.807) is 12.3 Å². The van der Waals surface area contributed by atoms with Crippen LogP contribution in [-0.4, -0.2) is 9.97 Å². The van der Waals surface area contributed by atoms with Gasteiger partial charge < -0.3 is 10.7 Å². The second kappa shape index (κ2) is 3.14. The van der Waals surface area contributed by atoms with Crippen LogP contribution in [0.4, 0.5) is 10.1 Å². The van der Waals surface area contributed by atoms with Gasteiger partial charge in [-0.3, -0.25) is 0 Å². The molecule has 0 atom stereocenters. The van der Waals surface area contributed by atoms with E-state index >= 15 is 0 Å². The zero-order chi connectivity index (χ0) is 10.1. The highest BCUT2D eigenvalue weighted by Crippen LogP contribution is 2.20. The van der Waals surface area contributed by atoms with Crippen LogP contribution >= 0.6 is 0 Å². The van der Waals surface area contributed by atoms with E-state index in [2.05, 4.69) is 9.97 Å². The van der Waals surface area contributed by atoms with Crippen molar-refractivity contribution in [3.63, 3.8) is 0 Å². The molecule has 0 aliphatic heterocycles. The van der Waals surface area contributed by atoms with Gasteiger partial charge in [-0.25, -0.2) is 9.37 Å². The van der Waals surface area contributed by atoms with Gasteiger partial charge in [0.15, 0.2) is 0 Å². The second-order valence-corrected chi connectivity index (χ2v) is 3.19. The number of halogens is 1. The first-order valence-electron chi connectivity index (χ1n) is 4.23. The molecule has 0 spiro atoms. The number of rotatable bonds is 1. The quantitative estimate of drug-likeness (QED) is 0.678. The number of hydrogen-bond donors (Lipinski definition) is 2. The highest BCUT2D eigenvalue weighted by atomic mass is 19.1. The van der Waals surface area contributed by atoms with Gasteiger partial charge in [0.2, 0.25) is 0 Å². The maximum atomic E-state index is 13.0. The van der Waals surface area contributed by atoms with Gasteiger partial charge in [-0.05, 0) is 25.1 Å². The molecule has 1 heterocycles. The minimum absolute atomic E-state index is 0.353. The van der Waals surface area contributed by atoms with E-state index in [-0.39, 0.29) is 5.82 Å². The van der Waals surface area contributed by atoms with Crippen LogP contribution in [0.3, 0.4) is 0 Å². The molecule has 3 nitrogen and oxygen atoms in total. The first-order valence-corrected chi connectivity index (χ1v) is 4.23. The summed E-state index contributed by atoms with van der Waals surface area (Å²) in [6.07, 6.45) is 1.69. The molecule has 3 N–H and O–H groups in total. The van der Waals surface area contributed by atoms with E-state index in [0.717, 1.165) is 5.69 Å². The van der Waals surface area contributed by atoms with Gasteiger partial charge in [0.25, 0.3) is 0 Å². The van der Waals surface area contributed by atoms with Crippen LogP contribution in [0.25, 0.3) is 11.4 Å². The van der Waals surface area contributed by atoms with Crippen molar-refractivity contribution in [2.24, 2.45) is 0 Å². The number of aromatic amines is 1. The lowest BCUT2D eigenvalue weighted by Crippen LogP contribution is -1.89. The standard InChI is InChI=1S/C10H10FN3/c1-6-5-13-10(14-6)7-2-8(11)4-9(12)3-7/h2-5H,12H2,1H3,(H,13,14). The SMILES string of the molecule is Cc1cnc(-c2cc(N)cc(F)c2)[nH]1. The van der Waals surface area contributed by atoms with Crippen molar-refractivity contribution in [2.45, 2.75) is 6.92 Å². The summed E-state index contributed by atoms with van der Waals surface area (Å²) < 4.78 is 13.0. The van der Waals surface area contributed by atoms with Gasteiger partial charge in [0.1, 0.15) is 11.6 Å². The zero-order valence-corrected chi connectivity index (χ0v) is 7.71. The van der Waals surface area contributed by atoms with E-state index in [4.69, 9.17) is 5.73 Å². The monoisotopic (exact) mass is 191 g/mol. The van der Waals surface area contributed by atoms with Crippen molar-refractivity contribution < 1.29 is 4.39 Å². The topological polar surface area (TPSA) is 54.7 Å². The molecular weight excluding hydrogens is 181 g/mol. The average Bonchev–Trinajstić information content (AvgIpc) is 2.50. The van der Waals surface area contributed by atoms with Crippen LogP contribution in [0.1, 0.15) is 5.69 Å². The van der Waals surface area contributed by atoms with Crippen molar-refractivity contribution in [1.29, 1.82) is 0 Å². The van der Waals surface area contributed by atoms with Crippen LogP contribution in [0.15, 0.2) is 24.4 Å². The third-order valence-corrected chi connectivity index (χ3v) is 1.90. The molecule has 0 aliphatic rings. The summed E-state index contributed by atoms with van der Waals surface area (Å²) in [6, 6.07) is 4.36. The van der Waals surface area contributed by atoms with Gasteiger partial charge >= 0.3 is 0 Å². The van der Waals surface area contributed by atoms with E-state index in [9.17, 15) is 4.39 Å². The van der Waals surface area contributed by atoms with E-state index in [1.165, 1.54) is 12.1 Å². The molecule has 1 aromatic carbocycles. The Kier molecular flexibility index (Phi) is 1.96. The number of aryl methyl sites for hydroxylation is 1. The Morgan fingerprint density at radius 2 is 2.14 bits per heavy atom. The van der Waals surface area contributed by atoms with E-state index in [0.29, 0.717) is 17.1 Å². The molecule has 2 rings (SSSR count). The van der Waals surface area contributed by atoms with Crippen molar-refractivity contribution in [1.82, 2.24) is 9.97 Å². The minimum Gasteiger partial charge on any atom is -0.399 e. The maximum Gasteiger partial charge on any atom is 0.137 e. The molecule has 0 amide bonds. The Morgan fingerprint density at radius 1 is 1.36 bits per heavy atom. The summed E-state index contributed by atoms with van der Waals surface area (Å²) in [4.78, 5) is 7.10. The number of nitrogens with zero attached hydrogens (tertiary/aromatic N) is 1.